The molecule has 3 aliphatic rings. The molecule has 0 aromatic heterocycles. The van der Waals surface area contributed by atoms with E-state index in [1.807, 2.05) is 0 Å². The van der Waals surface area contributed by atoms with Gasteiger partial charge in [0.2, 0.25) is 0 Å². The standard InChI is InChI=1S/C22H34O2/c1-4-6-18-10-11-19-17(7-5-12-22(18,19)3)9-8-16-13-20(23)15(2)21(24)14-16/h8-9,18-21,23-24H,2,4-7,10-14H2,1,3H3/b17-9+/t18?,19-,20+,21+,22+/m0/s1. The molecule has 0 aliphatic heterocycles. The van der Waals surface area contributed by atoms with E-state index in [0.717, 1.165) is 17.4 Å². The van der Waals surface area contributed by atoms with Crippen molar-refractivity contribution >= 4 is 0 Å². The molecule has 0 amide bonds. The van der Waals surface area contributed by atoms with Crippen molar-refractivity contribution in [3.05, 3.63) is 35.5 Å². The highest BCUT2D eigenvalue weighted by atomic mass is 16.3. The summed E-state index contributed by atoms with van der Waals surface area (Å²) in [5, 5.41) is 20.0. The molecule has 134 valence electrons. The predicted octanol–water partition coefficient (Wildman–Crippen LogP) is 4.93. The largest absolute Gasteiger partial charge is 0.388 e. The van der Waals surface area contributed by atoms with Gasteiger partial charge < -0.3 is 10.2 Å². The highest BCUT2D eigenvalue weighted by Gasteiger charge is 2.48. The Kier molecular flexibility index (Phi) is 5.36. The third-order valence-electron chi connectivity index (χ3n) is 7.10. The van der Waals surface area contributed by atoms with Crippen molar-refractivity contribution < 1.29 is 10.2 Å². The Balaban J connectivity index is 1.76. The summed E-state index contributed by atoms with van der Waals surface area (Å²) in [4.78, 5) is 0. The molecular formula is C22H34O2. The van der Waals surface area contributed by atoms with Crippen LogP contribution in [-0.4, -0.2) is 22.4 Å². The molecule has 24 heavy (non-hydrogen) atoms. The first-order chi connectivity index (χ1) is 11.5. The van der Waals surface area contributed by atoms with Crippen LogP contribution in [0, 0.1) is 17.3 Å². The monoisotopic (exact) mass is 330 g/mol. The van der Waals surface area contributed by atoms with Crippen molar-refractivity contribution in [2.75, 3.05) is 0 Å². The van der Waals surface area contributed by atoms with Crippen LogP contribution < -0.4 is 0 Å². The van der Waals surface area contributed by atoms with Crippen molar-refractivity contribution in [3.63, 3.8) is 0 Å². The summed E-state index contributed by atoms with van der Waals surface area (Å²) in [6, 6.07) is 0. The Morgan fingerprint density at radius 2 is 1.88 bits per heavy atom. The average molecular weight is 331 g/mol. The summed E-state index contributed by atoms with van der Waals surface area (Å²) in [6.45, 7) is 8.64. The summed E-state index contributed by atoms with van der Waals surface area (Å²) < 4.78 is 0. The van der Waals surface area contributed by atoms with Crippen LogP contribution in [0.15, 0.2) is 35.5 Å². The second-order valence-corrected chi connectivity index (χ2v) is 8.56. The van der Waals surface area contributed by atoms with Gasteiger partial charge in [-0.2, -0.15) is 0 Å². The van der Waals surface area contributed by atoms with Gasteiger partial charge in [-0.1, -0.05) is 56.6 Å². The van der Waals surface area contributed by atoms with E-state index in [2.05, 4.69) is 32.6 Å². The fourth-order valence-corrected chi connectivity index (χ4v) is 5.59. The van der Waals surface area contributed by atoms with E-state index in [1.54, 1.807) is 5.57 Å². The molecule has 2 N–H and O–H groups in total. The predicted molar refractivity (Wildman–Crippen MR) is 99.6 cm³/mol. The number of aliphatic hydroxyl groups is 2. The van der Waals surface area contributed by atoms with Crippen LogP contribution in [0.3, 0.4) is 0 Å². The Hall–Kier alpha value is -0.860. The number of hydrogen-bond acceptors (Lipinski definition) is 2. The summed E-state index contributed by atoms with van der Waals surface area (Å²) in [6.07, 6.45) is 13.9. The molecule has 2 nitrogen and oxygen atoms in total. The van der Waals surface area contributed by atoms with Crippen LogP contribution in [0.2, 0.25) is 0 Å². The molecule has 2 heteroatoms. The normalized spacial score (nSPS) is 41.6. The molecule has 3 rings (SSSR count). The fraction of sp³-hybridized carbons (Fsp3) is 0.727. The van der Waals surface area contributed by atoms with Crippen molar-refractivity contribution in [1.29, 1.82) is 0 Å². The SMILES string of the molecule is C=C1[C@H](O)CC(=C/C=C2\CCC[C@]3(C)C(CCC)CC[C@@H]23)C[C@H]1O. The second-order valence-electron chi connectivity index (χ2n) is 8.56. The van der Waals surface area contributed by atoms with E-state index in [1.165, 1.54) is 44.9 Å². The van der Waals surface area contributed by atoms with E-state index in [-0.39, 0.29) is 0 Å². The van der Waals surface area contributed by atoms with Gasteiger partial charge in [0.1, 0.15) is 0 Å². The number of aliphatic hydroxyl groups excluding tert-OH is 2. The van der Waals surface area contributed by atoms with Gasteiger partial charge in [-0.3, -0.25) is 0 Å². The molecule has 0 aromatic carbocycles. The number of fused-ring (bicyclic) bond motifs is 1. The van der Waals surface area contributed by atoms with Crippen LogP contribution in [-0.2, 0) is 0 Å². The molecule has 0 heterocycles. The summed E-state index contributed by atoms with van der Waals surface area (Å²) >= 11 is 0. The minimum atomic E-state index is -0.588. The first-order valence-corrected chi connectivity index (χ1v) is 9.89. The van der Waals surface area contributed by atoms with Crippen LogP contribution >= 0.6 is 0 Å². The third-order valence-corrected chi connectivity index (χ3v) is 7.10. The molecule has 0 saturated heterocycles. The van der Waals surface area contributed by atoms with Gasteiger partial charge in [-0.15, -0.1) is 0 Å². The van der Waals surface area contributed by atoms with Gasteiger partial charge in [-0.25, -0.2) is 0 Å². The van der Waals surface area contributed by atoms with Gasteiger partial charge in [0.15, 0.2) is 0 Å². The van der Waals surface area contributed by atoms with Gasteiger partial charge >= 0.3 is 0 Å². The Morgan fingerprint density at radius 1 is 1.17 bits per heavy atom. The summed E-state index contributed by atoms with van der Waals surface area (Å²) in [7, 11) is 0. The van der Waals surface area contributed by atoms with E-state index in [0.29, 0.717) is 23.8 Å². The lowest BCUT2D eigenvalue weighted by atomic mass is 9.63. The van der Waals surface area contributed by atoms with Gasteiger partial charge in [0.25, 0.3) is 0 Å². The van der Waals surface area contributed by atoms with E-state index < -0.39 is 12.2 Å². The number of allylic oxidation sites excluding steroid dienone is 3. The van der Waals surface area contributed by atoms with E-state index in [9.17, 15) is 10.2 Å². The zero-order chi connectivity index (χ0) is 17.3. The molecule has 3 fully saturated rings. The molecule has 3 saturated carbocycles. The Morgan fingerprint density at radius 3 is 2.54 bits per heavy atom. The molecule has 0 spiro atoms. The molecule has 0 radical (unpaired) electrons. The Bertz CT molecular complexity index is 528. The van der Waals surface area contributed by atoms with Crippen LogP contribution in [0.1, 0.15) is 71.6 Å². The lowest BCUT2D eigenvalue weighted by Gasteiger charge is -2.42. The Labute approximate surface area is 147 Å². The summed E-state index contributed by atoms with van der Waals surface area (Å²) in [5.74, 6) is 1.64. The molecule has 3 aliphatic carbocycles. The lowest BCUT2D eigenvalue weighted by Crippen LogP contribution is -2.33. The van der Waals surface area contributed by atoms with E-state index in [4.69, 9.17) is 0 Å². The van der Waals surface area contributed by atoms with Crippen molar-refractivity contribution in [2.45, 2.75) is 83.8 Å². The highest BCUT2D eigenvalue weighted by molar-refractivity contribution is 5.29. The molecule has 1 unspecified atom stereocenters. The van der Waals surface area contributed by atoms with Crippen LogP contribution in [0.5, 0.6) is 0 Å². The van der Waals surface area contributed by atoms with Crippen molar-refractivity contribution in [3.8, 4) is 0 Å². The van der Waals surface area contributed by atoms with Gasteiger partial charge in [0, 0.05) is 0 Å². The molecule has 0 bridgehead atoms. The zero-order valence-corrected chi connectivity index (χ0v) is 15.4. The zero-order valence-electron chi connectivity index (χ0n) is 15.4. The minimum Gasteiger partial charge on any atom is -0.388 e. The number of rotatable bonds is 3. The topological polar surface area (TPSA) is 40.5 Å². The van der Waals surface area contributed by atoms with Crippen LogP contribution in [0.25, 0.3) is 0 Å². The van der Waals surface area contributed by atoms with Gasteiger partial charge in [0.05, 0.1) is 12.2 Å². The highest BCUT2D eigenvalue weighted by Crippen LogP contribution is 2.58. The number of hydrogen-bond donors (Lipinski definition) is 2. The smallest absolute Gasteiger partial charge is 0.0809 e. The third kappa shape index (κ3) is 3.28. The first-order valence-electron chi connectivity index (χ1n) is 9.89. The maximum atomic E-state index is 10.0. The second kappa shape index (κ2) is 7.17. The first kappa shape index (κ1) is 17.9. The molecular weight excluding hydrogens is 296 g/mol. The lowest BCUT2D eigenvalue weighted by molar-refractivity contribution is 0.123. The van der Waals surface area contributed by atoms with Crippen molar-refractivity contribution in [1.82, 2.24) is 0 Å². The fourth-order valence-electron chi connectivity index (χ4n) is 5.59. The van der Waals surface area contributed by atoms with Gasteiger partial charge in [-0.05, 0) is 67.8 Å². The minimum absolute atomic E-state index is 0.498. The van der Waals surface area contributed by atoms with Crippen molar-refractivity contribution in [2.24, 2.45) is 17.3 Å². The summed E-state index contributed by atoms with van der Waals surface area (Å²) in [5.41, 5.74) is 3.84. The molecule has 5 atom stereocenters. The van der Waals surface area contributed by atoms with E-state index >= 15 is 0 Å². The molecule has 0 aromatic rings. The maximum absolute atomic E-state index is 10.0. The van der Waals surface area contributed by atoms with Crippen LogP contribution in [0.4, 0.5) is 0 Å². The quantitative estimate of drug-likeness (QED) is 0.721. The maximum Gasteiger partial charge on any atom is 0.0809 e. The average Bonchev–Trinajstić information content (AvgIpc) is 2.88.